The highest BCUT2D eigenvalue weighted by Crippen LogP contribution is 2.33. The molecule has 0 amide bonds. The Bertz CT molecular complexity index is 572. The number of hydrogen-bond acceptors (Lipinski definition) is 2. The van der Waals surface area contributed by atoms with Gasteiger partial charge in [0.1, 0.15) is 0 Å². The summed E-state index contributed by atoms with van der Waals surface area (Å²) in [4.78, 5) is 2.47. The predicted octanol–water partition coefficient (Wildman–Crippen LogP) is 5.64. The van der Waals surface area contributed by atoms with E-state index >= 15 is 0 Å². The van der Waals surface area contributed by atoms with Crippen LogP contribution < -0.4 is 5.32 Å². The van der Waals surface area contributed by atoms with Crippen LogP contribution in [0.5, 0.6) is 0 Å². The Hall–Kier alpha value is -0.290. The molecule has 0 aromatic heterocycles. The topological polar surface area (TPSA) is 12.0 Å². The van der Waals surface area contributed by atoms with E-state index in [1.807, 2.05) is 13.1 Å². The molecule has 2 aromatic rings. The SMILES string of the molecule is CNC(C)c1ccc(Sc2cccc(Br)c2)cc1Br. The third-order valence-corrected chi connectivity index (χ3v) is 5.06. The molecule has 0 bridgehead atoms. The Kier molecular flexibility index (Phi) is 5.51. The molecule has 0 aliphatic carbocycles. The van der Waals surface area contributed by atoms with E-state index < -0.39 is 0 Å². The molecule has 0 radical (unpaired) electrons. The number of halogens is 2. The molecule has 0 heterocycles. The number of hydrogen-bond donors (Lipinski definition) is 1. The van der Waals surface area contributed by atoms with Gasteiger partial charge < -0.3 is 5.32 Å². The average Bonchev–Trinajstić information content (AvgIpc) is 2.38. The van der Waals surface area contributed by atoms with Crippen LogP contribution in [0.2, 0.25) is 0 Å². The quantitative estimate of drug-likeness (QED) is 0.712. The molecular weight excluding hydrogens is 386 g/mol. The lowest BCUT2D eigenvalue weighted by Gasteiger charge is -2.13. The van der Waals surface area contributed by atoms with E-state index in [1.54, 1.807) is 11.8 Å². The first kappa shape index (κ1) is 15.1. The highest BCUT2D eigenvalue weighted by molar-refractivity contribution is 9.10. The van der Waals surface area contributed by atoms with Gasteiger partial charge in [-0.05, 0) is 49.9 Å². The summed E-state index contributed by atoms with van der Waals surface area (Å²) < 4.78 is 2.26. The maximum absolute atomic E-state index is 3.65. The minimum atomic E-state index is 0.347. The summed E-state index contributed by atoms with van der Waals surface area (Å²) in [6.07, 6.45) is 0. The molecule has 0 fully saturated rings. The fourth-order valence-electron chi connectivity index (χ4n) is 1.74. The zero-order chi connectivity index (χ0) is 13.8. The van der Waals surface area contributed by atoms with Crippen molar-refractivity contribution in [1.29, 1.82) is 0 Å². The second-order valence-electron chi connectivity index (χ2n) is 4.25. The van der Waals surface area contributed by atoms with Crippen molar-refractivity contribution < 1.29 is 0 Å². The van der Waals surface area contributed by atoms with Crippen molar-refractivity contribution in [2.45, 2.75) is 22.8 Å². The zero-order valence-electron chi connectivity index (χ0n) is 10.8. The molecule has 2 rings (SSSR count). The van der Waals surface area contributed by atoms with Gasteiger partial charge in [-0.3, -0.25) is 0 Å². The third-order valence-electron chi connectivity index (χ3n) is 2.90. The minimum absolute atomic E-state index is 0.347. The van der Waals surface area contributed by atoms with Gasteiger partial charge in [0, 0.05) is 24.8 Å². The van der Waals surface area contributed by atoms with E-state index in [4.69, 9.17) is 0 Å². The predicted molar refractivity (Wildman–Crippen MR) is 89.9 cm³/mol. The molecule has 0 saturated heterocycles. The zero-order valence-corrected chi connectivity index (χ0v) is 14.8. The molecular formula is C15H15Br2NS. The summed E-state index contributed by atoms with van der Waals surface area (Å²) in [5, 5.41) is 3.26. The summed E-state index contributed by atoms with van der Waals surface area (Å²) in [7, 11) is 1.97. The Morgan fingerprint density at radius 2 is 1.79 bits per heavy atom. The maximum Gasteiger partial charge on any atom is 0.0300 e. The molecule has 100 valence electrons. The van der Waals surface area contributed by atoms with Gasteiger partial charge in [0.2, 0.25) is 0 Å². The molecule has 0 saturated carbocycles. The monoisotopic (exact) mass is 399 g/mol. The highest BCUT2D eigenvalue weighted by Gasteiger charge is 2.08. The number of nitrogens with one attached hydrogen (secondary N) is 1. The molecule has 0 aliphatic heterocycles. The molecule has 4 heteroatoms. The Labute approximate surface area is 135 Å². The second-order valence-corrected chi connectivity index (χ2v) is 7.17. The third kappa shape index (κ3) is 4.09. The van der Waals surface area contributed by atoms with Crippen LogP contribution in [0.15, 0.2) is 61.2 Å². The second kappa shape index (κ2) is 6.93. The van der Waals surface area contributed by atoms with Gasteiger partial charge >= 0.3 is 0 Å². The van der Waals surface area contributed by atoms with Crippen molar-refractivity contribution in [3.63, 3.8) is 0 Å². The van der Waals surface area contributed by atoms with Crippen molar-refractivity contribution in [3.05, 3.63) is 57.0 Å². The van der Waals surface area contributed by atoms with Crippen molar-refractivity contribution in [3.8, 4) is 0 Å². The van der Waals surface area contributed by atoms with Gasteiger partial charge in [0.15, 0.2) is 0 Å². The van der Waals surface area contributed by atoms with E-state index in [0.29, 0.717) is 6.04 Å². The summed E-state index contributed by atoms with van der Waals surface area (Å²) >= 11 is 8.92. The average molecular weight is 401 g/mol. The lowest BCUT2D eigenvalue weighted by Crippen LogP contribution is -2.12. The van der Waals surface area contributed by atoms with Gasteiger partial charge in [0.05, 0.1) is 0 Å². The van der Waals surface area contributed by atoms with Crippen LogP contribution in [-0.2, 0) is 0 Å². The highest BCUT2D eigenvalue weighted by atomic mass is 79.9. The maximum atomic E-state index is 3.65. The van der Waals surface area contributed by atoms with Crippen molar-refractivity contribution in [2.24, 2.45) is 0 Å². The van der Waals surface area contributed by atoms with E-state index in [2.05, 4.69) is 80.5 Å². The lowest BCUT2D eigenvalue weighted by atomic mass is 10.1. The Morgan fingerprint density at radius 1 is 1.05 bits per heavy atom. The van der Waals surface area contributed by atoms with Crippen LogP contribution in [0.4, 0.5) is 0 Å². The first-order chi connectivity index (χ1) is 9.10. The van der Waals surface area contributed by atoms with Gasteiger partial charge in [-0.25, -0.2) is 0 Å². The Balaban J connectivity index is 2.21. The standard InChI is InChI=1S/C15H15Br2NS/c1-10(18-2)14-7-6-13(9-15(14)17)19-12-5-3-4-11(16)8-12/h3-10,18H,1-2H3. The lowest BCUT2D eigenvalue weighted by molar-refractivity contribution is 0.649. The summed E-state index contributed by atoms with van der Waals surface area (Å²) in [5.74, 6) is 0. The van der Waals surface area contributed by atoms with E-state index in [1.165, 1.54) is 15.4 Å². The summed E-state index contributed by atoms with van der Waals surface area (Å²) in [5.41, 5.74) is 1.28. The van der Waals surface area contributed by atoms with Crippen LogP contribution in [0.1, 0.15) is 18.5 Å². The van der Waals surface area contributed by atoms with Crippen LogP contribution in [-0.4, -0.2) is 7.05 Å². The van der Waals surface area contributed by atoms with Gasteiger partial charge in [0.25, 0.3) is 0 Å². The first-order valence-electron chi connectivity index (χ1n) is 6.00. The Morgan fingerprint density at radius 3 is 2.42 bits per heavy atom. The van der Waals surface area contributed by atoms with Crippen LogP contribution >= 0.6 is 43.6 Å². The fourth-order valence-corrected chi connectivity index (χ4v) is 4.09. The van der Waals surface area contributed by atoms with E-state index in [0.717, 1.165) is 8.95 Å². The first-order valence-corrected chi connectivity index (χ1v) is 8.40. The van der Waals surface area contributed by atoms with E-state index in [-0.39, 0.29) is 0 Å². The molecule has 19 heavy (non-hydrogen) atoms. The van der Waals surface area contributed by atoms with Crippen LogP contribution in [0, 0.1) is 0 Å². The molecule has 0 spiro atoms. The smallest absolute Gasteiger partial charge is 0.0300 e. The van der Waals surface area contributed by atoms with Crippen molar-refractivity contribution >= 4 is 43.6 Å². The van der Waals surface area contributed by atoms with Gasteiger partial charge in [-0.2, -0.15) is 0 Å². The van der Waals surface area contributed by atoms with Crippen molar-refractivity contribution in [1.82, 2.24) is 5.32 Å². The molecule has 1 N–H and O–H groups in total. The summed E-state index contributed by atoms with van der Waals surface area (Å²) in [6, 6.07) is 15.2. The van der Waals surface area contributed by atoms with Crippen LogP contribution in [0.3, 0.4) is 0 Å². The molecule has 0 aliphatic rings. The normalized spacial score (nSPS) is 12.4. The minimum Gasteiger partial charge on any atom is -0.313 e. The molecule has 1 unspecified atom stereocenters. The van der Waals surface area contributed by atoms with Crippen LogP contribution in [0.25, 0.3) is 0 Å². The largest absolute Gasteiger partial charge is 0.313 e. The van der Waals surface area contributed by atoms with E-state index in [9.17, 15) is 0 Å². The fraction of sp³-hybridized carbons (Fsp3) is 0.200. The number of rotatable bonds is 4. The van der Waals surface area contributed by atoms with Gasteiger partial charge in [-0.1, -0.05) is 55.8 Å². The molecule has 1 nitrogen and oxygen atoms in total. The number of benzene rings is 2. The van der Waals surface area contributed by atoms with Crippen molar-refractivity contribution in [2.75, 3.05) is 7.05 Å². The van der Waals surface area contributed by atoms with Gasteiger partial charge in [-0.15, -0.1) is 0 Å². The summed E-state index contributed by atoms with van der Waals surface area (Å²) in [6.45, 7) is 2.15. The molecule has 1 atom stereocenters. The molecule has 2 aromatic carbocycles.